The molecule has 2 saturated carbocycles. The van der Waals surface area contributed by atoms with Crippen molar-refractivity contribution in [3.05, 3.63) is 0 Å². The Morgan fingerprint density at radius 3 is 1.54 bits per heavy atom. The smallest absolute Gasteiger partial charge is 0.248 e. The lowest BCUT2D eigenvalue weighted by Gasteiger charge is -2.40. The van der Waals surface area contributed by atoms with E-state index < -0.39 is 168 Å². The zero-order valence-corrected chi connectivity index (χ0v) is 69.5. The number of hydrogen-bond donors (Lipinski definition) is 6. The molecule has 0 aromatic heterocycles. The van der Waals surface area contributed by atoms with Gasteiger partial charge in [-0.25, -0.2) is 0 Å². The van der Waals surface area contributed by atoms with Crippen LogP contribution in [0.25, 0.3) is 0 Å². The largest absolute Gasteiger partial charge is 0.391 e. The lowest BCUT2D eigenvalue weighted by Crippen LogP contribution is -2.63. The van der Waals surface area contributed by atoms with E-state index in [1.54, 1.807) is 39.6 Å². The summed E-state index contributed by atoms with van der Waals surface area (Å²) in [7, 11) is 10.3. The third-order valence-electron chi connectivity index (χ3n) is 22.5. The van der Waals surface area contributed by atoms with E-state index in [-0.39, 0.29) is 99.5 Å². The Morgan fingerprint density at radius 1 is 0.523 bits per heavy atom. The first kappa shape index (κ1) is 93.2. The van der Waals surface area contributed by atoms with Gasteiger partial charge in [0.2, 0.25) is 70.9 Å². The van der Waals surface area contributed by atoms with Crippen LogP contribution in [0.3, 0.4) is 0 Å². The van der Waals surface area contributed by atoms with E-state index in [1.165, 1.54) is 73.7 Å². The molecule has 0 aromatic carbocycles. The van der Waals surface area contributed by atoms with Crippen molar-refractivity contribution in [2.45, 2.75) is 309 Å². The molecule has 2 saturated heterocycles. The Kier molecular flexibility index (Phi) is 38.3. The number of likely N-dealkylation sites (tertiary alicyclic amines) is 1. The van der Waals surface area contributed by atoms with Gasteiger partial charge in [0.05, 0.1) is 24.7 Å². The van der Waals surface area contributed by atoms with Gasteiger partial charge in [0.1, 0.15) is 60.4 Å². The van der Waals surface area contributed by atoms with Gasteiger partial charge in [0.25, 0.3) is 0 Å². The molecule has 2 heterocycles. The van der Waals surface area contributed by atoms with Crippen molar-refractivity contribution in [3.8, 4) is 0 Å². The average Bonchev–Trinajstić information content (AvgIpc) is 0.813. The van der Waals surface area contributed by atoms with Gasteiger partial charge in [-0.2, -0.15) is 0 Å². The molecule has 2 unspecified atom stereocenters. The zero-order chi connectivity index (χ0) is 80.6. The summed E-state index contributed by atoms with van der Waals surface area (Å²) in [4.78, 5) is 192. The highest BCUT2D eigenvalue weighted by molar-refractivity contribution is 6.20. The first-order valence-corrected chi connectivity index (χ1v) is 40.4. The molecule has 0 spiro atoms. The van der Waals surface area contributed by atoms with Crippen LogP contribution in [0, 0.1) is 41.4 Å². The minimum Gasteiger partial charge on any atom is -0.391 e. The Hall–Kier alpha value is -6.19. The molecule has 28 heteroatoms. The molecule has 612 valence electrons. The second kappa shape index (κ2) is 44.0. The fourth-order valence-corrected chi connectivity index (χ4v) is 15.8. The van der Waals surface area contributed by atoms with Gasteiger partial charge < -0.3 is 75.4 Å². The molecule has 4 rings (SSSR count). The summed E-state index contributed by atoms with van der Waals surface area (Å²) in [5.41, 5.74) is -1.19. The first-order valence-electron chi connectivity index (χ1n) is 40.0. The monoisotopic (exact) mass is 1530 g/mol. The second-order valence-electron chi connectivity index (χ2n) is 33.9. The number of alkyl halides is 1. The molecule has 14 atom stereocenters. The van der Waals surface area contributed by atoms with Gasteiger partial charge in [-0.05, 0) is 139 Å². The number of aliphatic hydroxyl groups is 2. The third-order valence-corrected chi connectivity index (χ3v) is 22.9. The van der Waals surface area contributed by atoms with Crippen LogP contribution in [0.4, 0.5) is 0 Å². The molecule has 2 aliphatic heterocycles. The van der Waals surface area contributed by atoms with Crippen molar-refractivity contribution in [1.29, 1.82) is 0 Å². The maximum absolute atomic E-state index is 15.9. The summed E-state index contributed by atoms with van der Waals surface area (Å²) < 4.78 is 6.11. The number of nitrogens with one attached hydrogen (secondary N) is 4. The topological polar surface area (TPSA) is 329 Å². The van der Waals surface area contributed by atoms with Gasteiger partial charge in [0.15, 0.2) is 0 Å². The van der Waals surface area contributed by atoms with Crippen molar-refractivity contribution >= 4 is 82.5 Å². The van der Waals surface area contributed by atoms with Gasteiger partial charge in [-0.3, -0.25) is 57.5 Å². The molecule has 6 N–H and O–H groups in total. The molecular weight excluding hydrogens is 1390 g/mol. The Bertz CT molecular complexity index is 2940. The minimum absolute atomic E-state index is 0.00508. The fraction of sp³-hybridized carbons (Fsp3) is 0.848. The van der Waals surface area contributed by atoms with E-state index >= 15 is 38.4 Å². The number of aliphatic hydroxyl groups excluding tert-OH is 1. The van der Waals surface area contributed by atoms with Crippen LogP contribution in [-0.2, 0) is 62.3 Å². The number of piperidine rings is 1. The number of hydrogen-bond acceptors (Lipinski definition) is 15. The predicted octanol–water partition coefficient (Wildman–Crippen LogP) is 6.10. The molecule has 107 heavy (non-hydrogen) atoms. The highest BCUT2D eigenvalue weighted by Gasteiger charge is 2.46. The van der Waals surface area contributed by atoms with Crippen molar-refractivity contribution in [3.63, 3.8) is 0 Å². The Labute approximate surface area is 644 Å². The van der Waals surface area contributed by atoms with E-state index in [2.05, 4.69) is 21.3 Å². The molecular formula is C79H139ClN12O15. The Balaban J connectivity index is 1.98. The molecule has 4 fully saturated rings. The summed E-state index contributed by atoms with van der Waals surface area (Å²) in [6.07, 6.45) is 8.48. The summed E-state index contributed by atoms with van der Waals surface area (Å²) >= 11 is 6.85. The normalized spacial score (nSPS) is 28.3. The number of amides is 12. The number of rotatable bonds is 20. The zero-order valence-electron chi connectivity index (χ0n) is 68.7. The van der Waals surface area contributed by atoms with E-state index in [0.29, 0.717) is 45.2 Å². The maximum atomic E-state index is 15.9. The standard InChI is InChI=1S/C79H139ClN12O15/c1-21-52(10)66-77(104)90(19)63(44-54-30-24-22-25-31-54)76(103)88(17)61(45-55-32-28-33-56(80)43-55)70(97)82-58(47-107-39-35-79(12,13)106)73(100)86(15)60(41-49(4)5)71(98)84-67(53(11)93)78(105)89(18)62(42-50(6)7)75(102)87(16)59(40-48(2)3)69(96)81-57(74(101)92-37-26-23-27-38-92)46-65(95)85(14)36-29-34-64(94)91(20)68(51(8)9)72(99)83-66/h48-63,66-68,93,106H,21-47H2,1-20H3,(H,81,96)(H,82,97)(H,83,99)(H,84,98)/t52-,53+,55?,56?,57-,58-,59-,60-,61-,62-,63-,66-,67-,68-/m0/s1. The van der Waals surface area contributed by atoms with Crippen LogP contribution in [0.5, 0.6) is 0 Å². The molecule has 0 bridgehead atoms. The number of carbonyl (C=O) groups excluding carboxylic acids is 12. The van der Waals surface area contributed by atoms with Crippen molar-refractivity contribution in [1.82, 2.24) is 60.5 Å². The van der Waals surface area contributed by atoms with Crippen LogP contribution in [0.2, 0.25) is 0 Å². The van der Waals surface area contributed by atoms with Crippen LogP contribution in [0.1, 0.15) is 231 Å². The van der Waals surface area contributed by atoms with Crippen LogP contribution >= 0.6 is 11.6 Å². The molecule has 0 aromatic rings. The van der Waals surface area contributed by atoms with Crippen LogP contribution in [-0.4, -0.2) is 280 Å². The average molecular weight is 1530 g/mol. The molecule has 27 nitrogen and oxygen atoms in total. The summed E-state index contributed by atoms with van der Waals surface area (Å²) in [6, 6.07) is -13.2. The summed E-state index contributed by atoms with van der Waals surface area (Å²) in [5, 5.41) is 33.6. The minimum atomic E-state index is -1.71. The Morgan fingerprint density at radius 2 is 1.00 bits per heavy atom. The second-order valence-corrected chi connectivity index (χ2v) is 34.5. The van der Waals surface area contributed by atoms with Gasteiger partial charge in [-0.1, -0.05) is 121 Å². The van der Waals surface area contributed by atoms with Gasteiger partial charge in [0, 0.05) is 87.4 Å². The summed E-state index contributed by atoms with van der Waals surface area (Å²) in [5.74, 6) is -9.58. The predicted molar refractivity (Wildman–Crippen MR) is 412 cm³/mol. The third kappa shape index (κ3) is 28.3. The molecule has 12 amide bonds. The fourth-order valence-electron chi connectivity index (χ4n) is 15.4. The van der Waals surface area contributed by atoms with E-state index in [9.17, 15) is 29.4 Å². The van der Waals surface area contributed by atoms with Crippen molar-refractivity contribution in [2.24, 2.45) is 41.4 Å². The first-order chi connectivity index (χ1) is 50.0. The van der Waals surface area contributed by atoms with Crippen LogP contribution in [0.15, 0.2) is 0 Å². The van der Waals surface area contributed by atoms with E-state index in [1.807, 2.05) is 55.4 Å². The summed E-state index contributed by atoms with van der Waals surface area (Å²) in [6.45, 7) is 23.2. The van der Waals surface area contributed by atoms with Crippen molar-refractivity contribution in [2.75, 3.05) is 82.2 Å². The number of carbonyl (C=O) groups is 12. The van der Waals surface area contributed by atoms with Crippen molar-refractivity contribution < 1.29 is 72.5 Å². The molecule has 2 aliphatic carbocycles. The lowest BCUT2D eigenvalue weighted by atomic mass is 9.82. The number of nitrogens with zero attached hydrogens (tertiary/aromatic N) is 8. The van der Waals surface area contributed by atoms with E-state index in [4.69, 9.17) is 16.3 Å². The highest BCUT2D eigenvalue weighted by atomic mass is 35.5. The highest BCUT2D eigenvalue weighted by Crippen LogP contribution is 2.34. The SMILES string of the molecule is CC[C@H](C)[C@@H]1NC(=O)[C@H](C(C)C)N(C)C(=O)CCCN(C)C(=O)C[C@@H](C(=O)N2CCCCC2)NC(=O)[C@H](CC(C)C)N(C)C(=O)[C@H](CC(C)C)N(C)C(=O)[C@H]([C@@H](C)O)NC(=O)[C@H](CC(C)C)N(C)C(=O)[C@H](COCCC(C)(C)O)NC(=O)[C@H](CC2CCCC(Cl)C2)N(C)C(=O)[C@H](CC2CCCCC2)N(C)C1=O. The van der Waals surface area contributed by atoms with Crippen LogP contribution < -0.4 is 21.3 Å². The van der Waals surface area contributed by atoms with E-state index in [0.717, 1.165) is 61.2 Å². The maximum Gasteiger partial charge on any atom is 0.248 e. The number of ether oxygens (including phenoxy) is 1. The van der Waals surface area contributed by atoms with Gasteiger partial charge >= 0.3 is 0 Å². The van der Waals surface area contributed by atoms with Gasteiger partial charge in [-0.15, -0.1) is 11.6 Å². The quantitative estimate of drug-likeness (QED) is 0.0593. The number of likely N-dealkylation sites (N-methyl/N-ethyl adjacent to an activating group) is 6. The molecule has 0 radical (unpaired) electrons. The molecule has 4 aliphatic rings. The number of halogens is 1. The lowest BCUT2D eigenvalue weighted by molar-refractivity contribution is -0.152.